The molecule has 0 saturated carbocycles. The lowest BCUT2D eigenvalue weighted by molar-refractivity contribution is 0.0946. The number of rotatable bonds is 4. The van der Waals surface area contributed by atoms with Gasteiger partial charge in [0.1, 0.15) is 0 Å². The van der Waals surface area contributed by atoms with Gasteiger partial charge in [0, 0.05) is 6.20 Å². The third kappa shape index (κ3) is 3.17. The van der Waals surface area contributed by atoms with Gasteiger partial charge in [-0.3, -0.25) is 9.78 Å². The zero-order valence-electron chi connectivity index (χ0n) is 12.0. The van der Waals surface area contributed by atoms with E-state index < -0.39 is 0 Å². The van der Waals surface area contributed by atoms with Crippen LogP contribution in [-0.2, 0) is 6.54 Å². The van der Waals surface area contributed by atoms with Crippen molar-refractivity contribution in [1.29, 1.82) is 0 Å². The second-order valence-electron chi connectivity index (χ2n) is 4.82. The summed E-state index contributed by atoms with van der Waals surface area (Å²) in [6.07, 6.45) is 1.70. The molecule has 0 unspecified atom stereocenters. The highest BCUT2D eigenvalue weighted by Gasteiger charge is 2.17. The number of amides is 1. The van der Waals surface area contributed by atoms with Crippen LogP contribution in [0.15, 0.2) is 48.7 Å². The van der Waals surface area contributed by atoms with Gasteiger partial charge in [-0.25, -0.2) is 0 Å². The van der Waals surface area contributed by atoms with E-state index in [0.717, 1.165) is 16.1 Å². The largest absolute Gasteiger partial charge is 0.345 e. The summed E-state index contributed by atoms with van der Waals surface area (Å²) in [5.74, 6) is -0.241. The van der Waals surface area contributed by atoms with E-state index in [9.17, 15) is 4.79 Å². The highest BCUT2D eigenvalue weighted by molar-refractivity contribution is 7.09. The summed E-state index contributed by atoms with van der Waals surface area (Å²) in [5.41, 5.74) is 3.27. The molecule has 0 bridgehead atoms. The lowest BCUT2D eigenvalue weighted by atomic mass is 10.1. The number of hydrogen-bond donors (Lipinski definition) is 1. The molecule has 1 amide bonds. The molecule has 0 radical (unpaired) electrons. The lowest BCUT2D eigenvalue weighted by Gasteiger charge is -2.04. The summed E-state index contributed by atoms with van der Waals surface area (Å²) in [7, 11) is 0. The van der Waals surface area contributed by atoms with Crippen LogP contribution in [0.5, 0.6) is 0 Å². The molecule has 2 aromatic heterocycles. The van der Waals surface area contributed by atoms with E-state index in [1.54, 1.807) is 6.20 Å². The Morgan fingerprint density at radius 2 is 2.00 bits per heavy atom. The number of hydrogen-bond acceptors (Lipinski definition) is 5. The molecule has 0 spiro atoms. The van der Waals surface area contributed by atoms with E-state index in [4.69, 9.17) is 0 Å². The molecule has 0 aliphatic carbocycles. The van der Waals surface area contributed by atoms with Crippen LogP contribution in [0.25, 0.3) is 10.4 Å². The Kier molecular flexibility index (Phi) is 4.20. The summed E-state index contributed by atoms with van der Waals surface area (Å²) < 4.78 is 3.91. The first-order chi connectivity index (χ1) is 10.7. The van der Waals surface area contributed by atoms with Gasteiger partial charge in [0.05, 0.1) is 17.1 Å². The number of nitrogens with zero attached hydrogens (tertiary/aromatic N) is 3. The van der Waals surface area contributed by atoms with E-state index in [2.05, 4.69) is 19.9 Å². The Bertz CT molecular complexity index is 768. The van der Waals surface area contributed by atoms with Crippen LogP contribution in [0.4, 0.5) is 0 Å². The fourth-order valence-electron chi connectivity index (χ4n) is 1.99. The first-order valence-corrected chi connectivity index (χ1v) is 7.59. The molecular weight excluding hydrogens is 296 g/mol. The summed E-state index contributed by atoms with van der Waals surface area (Å²) in [6.45, 7) is 2.39. The third-order valence-electron chi connectivity index (χ3n) is 3.17. The number of pyridine rings is 1. The van der Waals surface area contributed by atoms with Gasteiger partial charge >= 0.3 is 0 Å². The fourth-order valence-corrected chi connectivity index (χ4v) is 2.66. The molecule has 6 heteroatoms. The van der Waals surface area contributed by atoms with E-state index in [1.165, 1.54) is 17.1 Å². The number of nitrogens with one attached hydrogen (secondary N) is 1. The molecule has 0 atom stereocenters. The van der Waals surface area contributed by atoms with E-state index in [0.29, 0.717) is 12.2 Å². The number of benzene rings is 1. The predicted octanol–water partition coefficient (Wildman–Crippen LogP) is 2.84. The molecule has 1 aromatic carbocycles. The standard InChI is InChI=1S/C16H14N4OS/c1-11-5-7-12(8-6-11)15-14(19-20-22-15)16(21)18-10-13-4-2-3-9-17-13/h2-9H,10H2,1H3,(H,18,21). The molecule has 3 rings (SSSR count). The molecule has 2 heterocycles. The maximum absolute atomic E-state index is 12.3. The van der Waals surface area contributed by atoms with Crippen LogP contribution in [-0.4, -0.2) is 20.5 Å². The van der Waals surface area contributed by atoms with Gasteiger partial charge in [-0.05, 0) is 36.2 Å². The first-order valence-electron chi connectivity index (χ1n) is 6.81. The highest BCUT2D eigenvalue weighted by Crippen LogP contribution is 2.26. The zero-order chi connectivity index (χ0) is 15.4. The Hall–Kier alpha value is -2.60. The predicted molar refractivity (Wildman–Crippen MR) is 85.5 cm³/mol. The van der Waals surface area contributed by atoms with Gasteiger partial charge in [0.2, 0.25) is 0 Å². The van der Waals surface area contributed by atoms with Crippen molar-refractivity contribution < 1.29 is 4.79 Å². The second-order valence-corrected chi connectivity index (χ2v) is 5.57. The molecule has 0 saturated heterocycles. The van der Waals surface area contributed by atoms with Crippen LogP contribution in [0.2, 0.25) is 0 Å². The molecule has 0 fully saturated rings. The minimum absolute atomic E-state index is 0.241. The average molecular weight is 310 g/mol. The Labute approximate surface area is 132 Å². The van der Waals surface area contributed by atoms with E-state index >= 15 is 0 Å². The maximum Gasteiger partial charge on any atom is 0.273 e. The van der Waals surface area contributed by atoms with Gasteiger partial charge < -0.3 is 5.32 Å². The van der Waals surface area contributed by atoms with Crippen LogP contribution in [0.3, 0.4) is 0 Å². The van der Waals surface area contributed by atoms with Crippen molar-refractivity contribution in [3.63, 3.8) is 0 Å². The normalized spacial score (nSPS) is 10.4. The summed E-state index contributed by atoms with van der Waals surface area (Å²) in [5, 5.41) is 6.79. The molecule has 1 N–H and O–H groups in total. The average Bonchev–Trinajstić information content (AvgIpc) is 3.04. The lowest BCUT2D eigenvalue weighted by Crippen LogP contribution is -2.24. The molecule has 22 heavy (non-hydrogen) atoms. The zero-order valence-corrected chi connectivity index (χ0v) is 12.8. The fraction of sp³-hybridized carbons (Fsp3) is 0.125. The van der Waals surface area contributed by atoms with Crippen LogP contribution < -0.4 is 5.32 Å². The quantitative estimate of drug-likeness (QED) is 0.804. The van der Waals surface area contributed by atoms with Gasteiger partial charge in [-0.2, -0.15) is 0 Å². The smallest absolute Gasteiger partial charge is 0.273 e. The van der Waals surface area contributed by atoms with E-state index in [1.807, 2.05) is 49.4 Å². The van der Waals surface area contributed by atoms with Gasteiger partial charge in [0.15, 0.2) is 5.69 Å². The summed E-state index contributed by atoms with van der Waals surface area (Å²) in [4.78, 5) is 17.3. The Morgan fingerprint density at radius 1 is 1.18 bits per heavy atom. The molecule has 0 aliphatic rings. The monoisotopic (exact) mass is 310 g/mol. The molecule has 110 valence electrons. The van der Waals surface area contributed by atoms with Crippen LogP contribution >= 0.6 is 11.5 Å². The minimum Gasteiger partial charge on any atom is -0.345 e. The van der Waals surface area contributed by atoms with Gasteiger partial charge in [-0.15, -0.1) is 5.10 Å². The van der Waals surface area contributed by atoms with Crippen molar-refractivity contribution >= 4 is 17.4 Å². The molecule has 0 aliphatic heterocycles. The van der Waals surface area contributed by atoms with Crippen LogP contribution in [0.1, 0.15) is 21.7 Å². The van der Waals surface area contributed by atoms with Crippen LogP contribution in [0, 0.1) is 6.92 Å². The molecule has 3 aromatic rings. The number of aromatic nitrogens is 3. The minimum atomic E-state index is -0.241. The number of aryl methyl sites for hydroxylation is 1. The van der Waals surface area contributed by atoms with Crippen molar-refractivity contribution in [1.82, 2.24) is 19.9 Å². The molecular formula is C16H14N4OS. The topological polar surface area (TPSA) is 67.8 Å². The van der Waals surface area contributed by atoms with Gasteiger partial charge in [-0.1, -0.05) is 40.4 Å². The molecule has 5 nitrogen and oxygen atoms in total. The second kappa shape index (κ2) is 6.44. The summed E-state index contributed by atoms with van der Waals surface area (Å²) >= 11 is 1.22. The first kappa shape index (κ1) is 14.3. The third-order valence-corrected chi connectivity index (χ3v) is 3.95. The van der Waals surface area contributed by atoms with Crippen molar-refractivity contribution in [2.75, 3.05) is 0 Å². The summed E-state index contributed by atoms with van der Waals surface area (Å²) in [6, 6.07) is 13.5. The number of carbonyl (C=O) groups excluding carboxylic acids is 1. The number of carbonyl (C=O) groups is 1. The Morgan fingerprint density at radius 3 is 2.73 bits per heavy atom. The highest BCUT2D eigenvalue weighted by atomic mass is 32.1. The van der Waals surface area contributed by atoms with E-state index in [-0.39, 0.29) is 5.91 Å². The van der Waals surface area contributed by atoms with Gasteiger partial charge in [0.25, 0.3) is 5.91 Å². The maximum atomic E-state index is 12.3. The SMILES string of the molecule is Cc1ccc(-c2snnc2C(=O)NCc2ccccn2)cc1. The van der Waals surface area contributed by atoms with Crippen molar-refractivity contribution in [2.45, 2.75) is 13.5 Å². The van der Waals surface area contributed by atoms with Crippen molar-refractivity contribution in [3.8, 4) is 10.4 Å². The Balaban J connectivity index is 1.76. The van der Waals surface area contributed by atoms with Crippen molar-refractivity contribution in [2.24, 2.45) is 0 Å². The van der Waals surface area contributed by atoms with Crippen molar-refractivity contribution in [3.05, 3.63) is 65.6 Å².